The minimum Gasteiger partial charge on any atom is -0.492 e. The van der Waals surface area contributed by atoms with Gasteiger partial charge in [0.25, 0.3) is 0 Å². The standard InChI is InChI=1S/C15H16Br2N2O/c1-2-20-15-13(16)7-12(8-14(15)17)10-19-9-11-3-5-18-6-4-11/h3-8,19H,2,9-10H2,1H3. The first-order chi connectivity index (χ1) is 9.70. The Bertz CT molecular complexity index is 538. The zero-order valence-electron chi connectivity index (χ0n) is 11.2. The third-order valence-electron chi connectivity index (χ3n) is 2.75. The Morgan fingerprint density at radius 2 is 1.65 bits per heavy atom. The molecule has 0 aliphatic rings. The lowest BCUT2D eigenvalue weighted by Crippen LogP contribution is -2.12. The van der Waals surface area contributed by atoms with Gasteiger partial charge in [-0.3, -0.25) is 4.98 Å². The highest BCUT2D eigenvalue weighted by Crippen LogP contribution is 2.34. The Morgan fingerprint density at radius 1 is 1.05 bits per heavy atom. The normalized spacial score (nSPS) is 10.6. The molecule has 0 aliphatic carbocycles. The van der Waals surface area contributed by atoms with E-state index in [1.54, 1.807) is 12.4 Å². The van der Waals surface area contributed by atoms with E-state index >= 15 is 0 Å². The summed E-state index contributed by atoms with van der Waals surface area (Å²) in [7, 11) is 0. The minimum atomic E-state index is 0.650. The maximum atomic E-state index is 5.58. The quantitative estimate of drug-likeness (QED) is 0.786. The summed E-state index contributed by atoms with van der Waals surface area (Å²) in [5, 5.41) is 3.41. The van der Waals surface area contributed by atoms with Gasteiger partial charge in [-0.2, -0.15) is 0 Å². The number of ether oxygens (including phenoxy) is 1. The van der Waals surface area contributed by atoms with Crippen molar-refractivity contribution in [2.24, 2.45) is 0 Å². The highest BCUT2D eigenvalue weighted by molar-refractivity contribution is 9.11. The van der Waals surface area contributed by atoms with Crippen molar-refractivity contribution in [1.82, 2.24) is 10.3 Å². The van der Waals surface area contributed by atoms with Gasteiger partial charge in [-0.1, -0.05) is 0 Å². The minimum absolute atomic E-state index is 0.650. The molecule has 0 aliphatic heterocycles. The molecule has 0 unspecified atom stereocenters. The average molecular weight is 400 g/mol. The number of benzene rings is 1. The molecule has 0 fully saturated rings. The van der Waals surface area contributed by atoms with Crippen LogP contribution >= 0.6 is 31.9 Å². The lowest BCUT2D eigenvalue weighted by Gasteiger charge is -2.11. The monoisotopic (exact) mass is 398 g/mol. The van der Waals surface area contributed by atoms with Gasteiger partial charge in [-0.05, 0) is 74.2 Å². The highest BCUT2D eigenvalue weighted by atomic mass is 79.9. The van der Waals surface area contributed by atoms with Crippen LogP contribution in [0.2, 0.25) is 0 Å². The van der Waals surface area contributed by atoms with E-state index in [0.717, 1.165) is 27.8 Å². The zero-order chi connectivity index (χ0) is 14.4. The SMILES string of the molecule is CCOc1c(Br)cc(CNCc2ccncc2)cc1Br. The third kappa shape index (κ3) is 4.30. The number of hydrogen-bond donors (Lipinski definition) is 1. The van der Waals surface area contributed by atoms with Crippen molar-refractivity contribution in [2.75, 3.05) is 6.61 Å². The number of pyridine rings is 1. The van der Waals surface area contributed by atoms with Crippen LogP contribution in [0.15, 0.2) is 45.6 Å². The molecule has 0 amide bonds. The van der Waals surface area contributed by atoms with Crippen LogP contribution in [-0.2, 0) is 13.1 Å². The van der Waals surface area contributed by atoms with Gasteiger partial charge in [0.05, 0.1) is 15.6 Å². The van der Waals surface area contributed by atoms with Gasteiger partial charge in [0, 0.05) is 25.5 Å². The zero-order valence-corrected chi connectivity index (χ0v) is 14.4. The number of nitrogens with zero attached hydrogens (tertiary/aromatic N) is 1. The van der Waals surface area contributed by atoms with Gasteiger partial charge < -0.3 is 10.1 Å². The molecule has 106 valence electrons. The number of halogens is 2. The Labute approximate surface area is 136 Å². The molecule has 0 radical (unpaired) electrons. The Morgan fingerprint density at radius 3 is 2.25 bits per heavy atom. The maximum Gasteiger partial charge on any atom is 0.147 e. The predicted octanol–water partition coefficient (Wildman–Crippen LogP) is 4.30. The number of hydrogen-bond acceptors (Lipinski definition) is 3. The summed E-state index contributed by atoms with van der Waals surface area (Å²) in [6.45, 7) is 4.25. The topological polar surface area (TPSA) is 34.1 Å². The molecule has 1 heterocycles. The first-order valence-electron chi connectivity index (χ1n) is 6.41. The summed E-state index contributed by atoms with van der Waals surface area (Å²) in [4.78, 5) is 4.01. The van der Waals surface area contributed by atoms with Crippen LogP contribution < -0.4 is 10.1 Å². The van der Waals surface area contributed by atoms with Crippen molar-refractivity contribution < 1.29 is 4.74 Å². The van der Waals surface area contributed by atoms with Gasteiger partial charge in [0.1, 0.15) is 5.75 Å². The second kappa shape index (κ2) is 7.76. The predicted molar refractivity (Wildman–Crippen MR) is 87.8 cm³/mol. The van der Waals surface area contributed by atoms with Crippen LogP contribution in [0.3, 0.4) is 0 Å². The molecule has 20 heavy (non-hydrogen) atoms. The number of nitrogens with one attached hydrogen (secondary N) is 1. The first kappa shape index (κ1) is 15.5. The van der Waals surface area contributed by atoms with Gasteiger partial charge in [0.2, 0.25) is 0 Å². The summed E-state index contributed by atoms with van der Waals surface area (Å²) in [6, 6.07) is 8.18. The van der Waals surface area contributed by atoms with Crippen molar-refractivity contribution in [1.29, 1.82) is 0 Å². The van der Waals surface area contributed by atoms with E-state index in [0.29, 0.717) is 6.61 Å². The van der Waals surface area contributed by atoms with E-state index in [9.17, 15) is 0 Å². The van der Waals surface area contributed by atoms with Crippen molar-refractivity contribution in [3.05, 3.63) is 56.7 Å². The van der Waals surface area contributed by atoms with E-state index in [-0.39, 0.29) is 0 Å². The van der Waals surface area contributed by atoms with Gasteiger partial charge >= 0.3 is 0 Å². The summed E-state index contributed by atoms with van der Waals surface area (Å²) in [5.41, 5.74) is 2.42. The molecular weight excluding hydrogens is 384 g/mol. The van der Waals surface area contributed by atoms with Crippen molar-refractivity contribution in [3.63, 3.8) is 0 Å². The molecular formula is C15H16Br2N2O. The summed E-state index contributed by atoms with van der Waals surface area (Å²) < 4.78 is 7.51. The molecule has 0 saturated carbocycles. The number of aromatic nitrogens is 1. The number of rotatable bonds is 6. The Kier molecular flexibility index (Phi) is 6.01. The fourth-order valence-electron chi connectivity index (χ4n) is 1.85. The van der Waals surface area contributed by atoms with Crippen molar-refractivity contribution in [3.8, 4) is 5.75 Å². The molecule has 1 aromatic heterocycles. The molecule has 1 aromatic carbocycles. The van der Waals surface area contributed by atoms with E-state index in [4.69, 9.17) is 4.74 Å². The van der Waals surface area contributed by atoms with Crippen LogP contribution in [0.5, 0.6) is 5.75 Å². The fourth-order valence-corrected chi connectivity index (χ4v) is 3.36. The summed E-state index contributed by atoms with van der Waals surface area (Å²) >= 11 is 7.09. The van der Waals surface area contributed by atoms with Gasteiger partial charge in [0.15, 0.2) is 0 Å². The highest BCUT2D eigenvalue weighted by Gasteiger charge is 2.08. The van der Waals surface area contributed by atoms with E-state index in [2.05, 4.69) is 54.3 Å². The van der Waals surface area contributed by atoms with E-state index in [1.807, 2.05) is 19.1 Å². The molecule has 3 nitrogen and oxygen atoms in total. The van der Waals surface area contributed by atoms with Crippen LogP contribution in [-0.4, -0.2) is 11.6 Å². The second-order valence-corrected chi connectivity index (χ2v) is 5.99. The first-order valence-corrected chi connectivity index (χ1v) is 7.99. The van der Waals surface area contributed by atoms with Crippen molar-refractivity contribution in [2.45, 2.75) is 20.0 Å². The lowest BCUT2D eigenvalue weighted by molar-refractivity contribution is 0.336. The molecule has 2 rings (SSSR count). The Hall–Kier alpha value is -0.910. The summed E-state index contributed by atoms with van der Waals surface area (Å²) in [6.07, 6.45) is 3.61. The third-order valence-corrected chi connectivity index (χ3v) is 3.93. The Balaban J connectivity index is 1.96. The smallest absolute Gasteiger partial charge is 0.147 e. The van der Waals surface area contributed by atoms with Crippen LogP contribution in [0.1, 0.15) is 18.1 Å². The summed E-state index contributed by atoms with van der Waals surface area (Å²) in [5.74, 6) is 0.852. The van der Waals surface area contributed by atoms with Crippen LogP contribution in [0, 0.1) is 0 Å². The van der Waals surface area contributed by atoms with Gasteiger partial charge in [-0.15, -0.1) is 0 Å². The molecule has 0 bridgehead atoms. The molecule has 2 aromatic rings. The van der Waals surface area contributed by atoms with Crippen LogP contribution in [0.4, 0.5) is 0 Å². The molecule has 0 atom stereocenters. The largest absolute Gasteiger partial charge is 0.492 e. The van der Waals surface area contributed by atoms with Crippen molar-refractivity contribution >= 4 is 31.9 Å². The molecule has 1 N–H and O–H groups in total. The molecule has 0 saturated heterocycles. The average Bonchev–Trinajstić information content (AvgIpc) is 2.44. The fraction of sp³-hybridized carbons (Fsp3) is 0.267. The van der Waals surface area contributed by atoms with E-state index < -0.39 is 0 Å². The molecule has 5 heteroatoms. The maximum absolute atomic E-state index is 5.58. The van der Waals surface area contributed by atoms with Crippen LogP contribution in [0.25, 0.3) is 0 Å². The van der Waals surface area contributed by atoms with Gasteiger partial charge in [-0.25, -0.2) is 0 Å². The van der Waals surface area contributed by atoms with E-state index in [1.165, 1.54) is 11.1 Å². The lowest BCUT2D eigenvalue weighted by atomic mass is 10.2. The molecule has 0 spiro atoms. The second-order valence-electron chi connectivity index (χ2n) is 4.28.